The normalized spacial score (nSPS) is 10.9. The minimum atomic E-state index is -0.379. The molecule has 0 saturated heterocycles. The molecule has 0 aliphatic rings. The lowest BCUT2D eigenvalue weighted by Crippen LogP contribution is -2.12. The molecule has 0 radical (unpaired) electrons. The molecule has 0 aliphatic heterocycles. The predicted octanol–water partition coefficient (Wildman–Crippen LogP) is 4.67. The van der Waals surface area contributed by atoms with Gasteiger partial charge in [-0.05, 0) is 30.3 Å². The standard InChI is InChI=1S/C20H16FN3O3S/c1-26-12-6-7-15-17(10-12)28-20(23-15)24-18(25)8-9-19-22-11-16(27-19)13-4-2-3-5-14(13)21/h2-7,10-11H,8-9H2,1H3,(H,23,24,25). The fourth-order valence-corrected chi connectivity index (χ4v) is 3.61. The molecule has 0 aliphatic carbocycles. The zero-order valence-corrected chi connectivity index (χ0v) is 15.8. The summed E-state index contributed by atoms with van der Waals surface area (Å²) >= 11 is 1.38. The van der Waals surface area contributed by atoms with Gasteiger partial charge in [0.1, 0.15) is 11.6 Å². The van der Waals surface area contributed by atoms with E-state index in [0.29, 0.717) is 28.8 Å². The van der Waals surface area contributed by atoms with Gasteiger partial charge in [-0.2, -0.15) is 0 Å². The summed E-state index contributed by atoms with van der Waals surface area (Å²) in [6.07, 6.45) is 1.95. The molecule has 1 N–H and O–H groups in total. The highest BCUT2D eigenvalue weighted by Gasteiger charge is 2.13. The number of carbonyl (C=O) groups is 1. The van der Waals surface area contributed by atoms with Crippen LogP contribution in [-0.2, 0) is 11.2 Å². The molecule has 0 bridgehead atoms. The summed E-state index contributed by atoms with van der Waals surface area (Å²) < 4.78 is 25.5. The number of hydrogen-bond acceptors (Lipinski definition) is 6. The number of methoxy groups -OCH3 is 1. The molecular formula is C20H16FN3O3S. The van der Waals surface area contributed by atoms with Crippen molar-refractivity contribution in [1.29, 1.82) is 0 Å². The number of amides is 1. The van der Waals surface area contributed by atoms with E-state index in [9.17, 15) is 9.18 Å². The maximum absolute atomic E-state index is 13.8. The summed E-state index contributed by atoms with van der Waals surface area (Å²) in [5, 5.41) is 3.31. The molecule has 4 rings (SSSR count). The molecule has 2 aromatic heterocycles. The summed E-state index contributed by atoms with van der Waals surface area (Å²) in [7, 11) is 1.60. The van der Waals surface area contributed by atoms with Crippen molar-refractivity contribution in [3.05, 3.63) is 60.4 Å². The maximum Gasteiger partial charge on any atom is 0.226 e. The second kappa shape index (κ2) is 7.77. The number of benzene rings is 2. The fourth-order valence-electron chi connectivity index (χ4n) is 2.70. The van der Waals surface area contributed by atoms with E-state index in [0.717, 1.165) is 16.0 Å². The minimum Gasteiger partial charge on any atom is -0.497 e. The lowest BCUT2D eigenvalue weighted by atomic mass is 10.2. The van der Waals surface area contributed by atoms with E-state index in [4.69, 9.17) is 9.15 Å². The van der Waals surface area contributed by atoms with Gasteiger partial charge in [0, 0.05) is 12.8 Å². The van der Waals surface area contributed by atoms with Crippen LogP contribution in [-0.4, -0.2) is 23.0 Å². The van der Waals surface area contributed by atoms with Crippen molar-refractivity contribution in [2.24, 2.45) is 0 Å². The van der Waals surface area contributed by atoms with Crippen molar-refractivity contribution in [3.8, 4) is 17.1 Å². The second-order valence-corrected chi connectivity index (χ2v) is 7.03. The summed E-state index contributed by atoms with van der Waals surface area (Å²) in [5.41, 5.74) is 1.14. The van der Waals surface area contributed by atoms with Crippen LogP contribution in [0.15, 0.2) is 53.1 Å². The molecule has 1 amide bonds. The first-order chi connectivity index (χ1) is 13.6. The monoisotopic (exact) mass is 397 g/mol. The highest BCUT2D eigenvalue weighted by atomic mass is 32.1. The molecule has 28 heavy (non-hydrogen) atoms. The molecule has 0 unspecified atom stereocenters. The average molecular weight is 397 g/mol. The van der Waals surface area contributed by atoms with Gasteiger partial charge in [-0.1, -0.05) is 23.5 Å². The summed E-state index contributed by atoms with van der Waals surface area (Å²) in [6.45, 7) is 0. The fraction of sp³-hybridized carbons (Fsp3) is 0.150. The highest BCUT2D eigenvalue weighted by Crippen LogP contribution is 2.29. The van der Waals surface area contributed by atoms with Crippen LogP contribution < -0.4 is 10.1 Å². The third-order valence-electron chi connectivity index (χ3n) is 4.10. The van der Waals surface area contributed by atoms with E-state index in [2.05, 4.69) is 15.3 Å². The molecule has 0 saturated carbocycles. The van der Waals surface area contributed by atoms with Crippen LogP contribution >= 0.6 is 11.3 Å². The Labute approximate surface area is 164 Å². The van der Waals surface area contributed by atoms with E-state index in [1.165, 1.54) is 23.6 Å². The SMILES string of the molecule is COc1ccc2nc(NC(=O)CCc3ncc(-c4ccccc4F)o3)sc2c1. The van der Waals surface area contributed by atoms with Gasteiger partial charge < -0.3 is 14.5 Å². The molecular weight excluding hydrogens is 381 g/mol. The summed E-state index contributed by atoms with van der Waals surface area (Å²) in [4.78, 5) is 20.7. The van der Waals surface area contributed by atoms with Gasteiger partial charge in [0.15, 0.2) is 16.8 Å². The number of carbonyl (C=O) groups excluding carboxylic acids is 1. The zero-order chi connectivity index (χ0) is 19.5. The third-order valence-corrected chi connectivity index (χ3v) is 5.03. The first kappa shape index (κ1) is 18.1. The largest absolute Gasteiger partial charge is 0.497 e. The lowest BCUT2D eigenvalue weighted by molar-refractivity contribution is -0.116. The van der Waals surface area contributed by atoms with E-state index in [-0.39, 0.29) is 18.1 Å². The number of nitrogens with one attached hydrogen (secondary N) is 1. The van der Waals surface area contributed by atoms with Gasteiger partial charge >= 0.3 is 0 Å². The van der Waals surface area contributed by atoms with E-state index in [1.807, 2.05) is 18.2 Å². The van der Waals surface area contributed by atoms with Crippen molar-refractivity contribution in [2.75, 3.05) is 12.4 Å². The topological polar surface area (TPSA) is 77.2 Å². The second-order valence-electron chi connectivity index (χ2n) is 6.00. The van der Waals surface area contributed by atoms with E-state index in [1.54, 1.807) is 25.3 Å². The van der Waals surface area contributed by atoms with Gasteiger partial charge in [-0.15, -0.1) is 0 Å². The zero-order valence-electron chi connectivity index (χ0n) is 14.9. The maximum atomic E-state index is 13.8. The molecule has 4 aromatic rings. The van der Waals surface area contributed by atoms with Crippen molar-refractivity contribution in [3.63, 3.8) is 0 Å². The Morgan fingerprint density at radius 1 is 1.29 bits per heavy atom. The molecule has 2 heterocycles. The molecule has 142 valence electrons. The number of nitrogens with zero attached hydrogens (tertiary/aromatic N) is 2. The van der Waals surface area contributed by atoms with Crippen molar-refractivity contribution >= 4 is 32.6 Å². The number of aryl methyl sites for hydroxylation is 1. The van der Waals surface area contributed by atoms with Gasteiger partial charge in [-0.3, -0.25) is 4.79 Å². The van der Waals surface area contributed by atoms with Crippen LogP contribution in [0.1, 0.15) is 12.3 Å². The molecule has 6 nitrogen and oxygen atoms in total. The van der Waals surface area contributed by atoms with Crippen LogP contribution in [0, 0.1) is 5.82 Å². The van der Waals surface area contributed by atoms with Gasteiger partial charge in [0.25, 0.3) is 0 Å². The highest BCUT2D eigenvalue weighted by molar-refractivity contribution is 7.22. The van der Waals surface area contributed by atoms with Crippen LogP contribution in [0.2, 0.25) is 0 Å². The molecule has 2 aromatic carbocycles. The summed E-state index contributed by atoms with van der Waals surface area (Å²) in [5.74, 6) is 0.881. The van der Waals surface area contributed by atoms with Crippen LogP contribution in [0.3, 0.4) is 0 Å². The lowest BCUT2D eigenvalue weighted by Gasteiger charge is -2.00. The van der Waals surface area contributed by atoms with Crippen molar-refractivity contribution < 1.29 is 18.3 Å². The number of fused-ring (bicyclic) bond motifs is 1. The average Bonchev–Trinajstić information content (AvgIpc) is 3.32. The Balaban J connectivity index is 1.38. The Morgan fingerprint density at radius 2 is 2.14 bits per heavy atom. The van der Waals surface area contributed by atoms with E-state index >= 15 is 0 Å². The number of aromatic nitrogens is 2. The molecule has 8 heteroatoms. The first-order valence-corrected chi connectivity index (χ1v) is 9.38. The van der Waals surface area contributed by atoms with Gasteiger partial charge in [0.2, 0.25) is 5.91 Å². The minimum absolute atomic E-state index is 0.177. The van der Waals surface area contributed by atoms with E-state index < -0.39 is 0 Å². The smallest absolute Gasteiger partial charge is 0.226 e. The molecule has 0 spiro atoms. The number of ether oxygens (including phenoxy) is 1. The Kier molecular flexibility index (Phi) is 5.03. The van der Waals surface area contributed by atoms with Gasteiger partial charge in [0.05, 0.1) is 29.1 Å². The Bertz CT molecular complexity index is 1140. The Hall–Kier alpha value is -3.26. The quantitative estimate of drug-likeness (QED) is 0.512. The predicted molar refractivity (Wildman–Crippen MR) is 105 cm³/mol. The number of thiazole rings is 1. The summed E-state index contributed by atoms with van der Waals surface area (Å²) in [6, 6.07) is 11.9. The number of hydrogen-bond donors (Lipinski definition) is 1. The van der Waals surface area contributed by atoms with Crippen LogP contribution in [0.4, 0.5) is 9.52 Å². The molecule has 0 fully saturated rings. The number of anilines is 1. The van der Waals surface area contributed by atoms with Crippen molar-refractivity contribution in [2.45, 2.75) is 12.8 Å². The first-order valence-electron chi connectivity index (χ1n) is 8.56. The third kappa shape index (κ3) is 3.86. The number of oxazole rings is 1. The number of halogens is 1. The van der Waals surface area contributed by atoms with Crippen molar-refractivity contribution in [1.82, 2.24) is 9.97 Å². The Morgan fingerprint density at radius 3 is 2.96 bits per heavy atom. The van der Waals surface area contributed by atoms with Crippen LogP contribution in [0.5, 0.6) is 5.75 Å². The van der Waals surface area contributed by atoms with Gasteiger partial charge in [-0.25, -0.2) is 14.4 Å². The van der Waals surface area contributed by atoms with Crippen LogP contribution in [0.25, 0.3) is 21.5 Å². The number of rotatable bonds is 6. The molecule has 0 atom stereocenters.